The first kappa shape index (κ1) is 14.6. The molecule has 0 saturated heterocycles. The van der Waals surface area contributed by atoms with E-state index in [9.17, 15) is 4.79 Å². The van der Waals surface area contributed by atoms with E-state index in [0.717, 1.165) is 23.2 Å². The number of carbonyl (C=O) groups excluding carboxylic acids is 1. The van der Waals surface area contributed by atoms with Crippen molar-refractivity contribution in [2.45, 2.75) is 13.3 Å². The molecule has 22 heavy (non-hydrogen) atoms. The van der Waals surface area contributed by atoms with Crippen LogP contribution in [0.3, 0.4) is 0 Å². The molecule has 0 spiro atoms. The van der Waals surface area contributed by atoms with Crippen LogP contribution in [0, 0.1) is 0 Å². The highest BCUT2D eigenvalue weighted by Crippen LogP contribution is 2.36. The summed E-state index contributed by atoms with van der Waals surface area (Å²) in [6, 6.07) is 5.46. The molecule has 0 aliphatic rings. The zero-order valence-corrected chi connectivity index (χ0v) is 13.4. The van der Waals surface area contributed by atoms with Crippen molar-refractivity contribution in [2.24, 2.45) is 0 Å². The largest absolute Gasteiger partial charge is 0.497 e. The fourth-order valence-electron chi connectivity index (χ4n) is 2.38. The molecular formula is C16H16N2O3S. The Kier molecular flexibility index (Phi) is 3.85. The Labute approximate surface area is 132 Å². The number of rotatable bonds is 5. The van der Waals surface area contributed by atoms with Crippen LogP contribution in [-0.2, 0) is 6.42 Å². The Balaban J connectivity index is 2.25. The lowest BCUT2D eigenvalue weighted by Crippen LogP contribution is -1.94. The van der Waals surface area contributed by atoms with Crippen LogP contribution in [0.5, 0.6) is 11.5 Å². The van der Waals surface area contributed by atoms with Crippen LogP contribution in [-0.4, -0.2) is 29.9 Å². The molecular weight excluding hydrogens is 300 g/mol. The van der Waals surface area contributed by atoms with Crippen LogP contribution >= 0.6 is 11.3 Å². The molecule has 114 valence electrons. The Morgan fingerprint density at radius 2 is 2.14 bits per heavy atom. The molecule has 0 fully saturated rings. The van der Waals surface area contributed by atoms with E-state index in [0.29, 0.717) is 22.9 Å². The number of hydrogen-bond acceptors (Lipinski definition) is 5. The molecule has 0 saturated carbocycles. The summed E-state index contributed by atoms with van der Waals surface area (Å²) in [6.07, 6.45) is 3.72. The molecule has 3 aromatic rings. The number of carbonyl (C=O) groups is 1. The van der Waals surface area contributed by atoms with Gasteiger partial charge in [-0.25, -0.2) is 4.98 Å². The summed E-state index contributed by atoms with van der Waals surface area (Å²) in [7, 11) is 3.20. The van der Waals surface area contributed by atoms with Gasteiger partial charge in [-0.05, 0) is 24.6 Å². The van der Waals surface area contributed by atoms with Gasteiger partial charge in [0.25, 0.3) is 0 Å². The van der Waals surface area contributed by atoms with Crippen LogP contribution in [0.25, 0.3) is 16.2 Å². The van der Waals surface area contributed by atoms with Crippen molar-refractivity contribution in [3.8, 4) is 22.8 Å². The monoisotopic (exact) mass is 316 g/mol. The van der Waals surface area contributed by atoms with Gasteiger partial charge < -0.3 is 9.47 Å². The second kappa shape index (κ2) is 5.81. The average Bonchev–Trinajstić information content (AvgIpc) is 3.10. The molecule has 0 bridgehead atoms. The third-order valence-electron chi connectivity index (χ3n) is 3.53. The lowest BCUT2D eigenvalue weighted by molar-refractivity contribution is 0.111. The fourth-order valence-corrected chi connectivity index (χ4v) is 3.30. The van der Waals surface area contributed by atoms with Crippen LogP contribution < -0.4 is 9.47 Å². The SMILES string of the molecule is CCc1cn2c(C=O)c(-c3cc(OC)ccc3OC)nc2s1. The predicted molar refractivity (Wildman–Crippen MR) is 86.4 cm³/mol. The van der Waals surface area contributed by atoms with E-state index < -0.39 is 0 Å². The summed E-state index contributed by atoms with van der Waals surface area (Å²) < 4.78 is 12.5. The van der Waals surface area contributed by atoms with Crippen LogP contribution in [0.4, 0.5) is 0 Å². The number of benzene rings is 1. The van der Waals surface area contributed by atoms with Gasteiger partial charge in [-0.3, -0.25) is 9.20 Å². The van der Waals surface area contributed by atoms with Gasteiger partial charge in [0, 0.05) is 16.6 Å². The number of aldehydes is 1. The topological polar surface area (TPSA) is 52.8 Å². The number of aryl methyl sites for hydroxylation is 1. The van der Waals surface area contributed by atoms with Gasteiger partial charge in [-0.2, -0.15) is 0 Å². The normalized spacial score (nSPS) is 10.9. The second-order valence-corrected chi connectivity index (χ2v) is 5.83. The number of hydrogen-bond donors (Lipinski definition) is 0. The van der Waals surface area contributed by atoms with Crippen molar-refractivity contribution in [3.63, 3.8) is 0 Å². The molecule has 5 nitrogen and oxygen atoms in total. The van der Waals surface area contributed by atoms with Gasteiger partial charge in [0.05, 0.1) is 14.2 Å². The number of thiazole rings is 1. The van der Waals surface area contributed by atoms with E-state index in [1.807, 2.05) is 28.8 Å². The van der Waals surface area contributed by atoms with Gasteiger partial charge in [-0.1, -0.05) is 6.92 Å². The van der Waals surface area contributed by atoms with E-state index in [1.54, 1.807) is 25.6 Å². The van der Waals surface area contributed by atoms with Crippen molar-refractivity contribution >= 4 is 22.6 Å². The van der Waals surface area contributed by atoms with Crippen LogP contribution in [0.15, 0.2) is 24.4 Å². The lowest BCUT2D eigenvalue weighted by Gasteiger charge is -2.09. The molecule has 2 aromatic heterocycles. The maximum atomic E-state index is 11.6. The van der Waals surface area contributed by atoms with E-state index >= 15 is 0 Å². The number of methoxy groups -OCH3 is 2. The Morgan fingerprint density at radius 1 is 1.32 bits per heavy atom. The van der Waals surface area contributed by atoms with Crippen LogP contribution in [0.2, 0.25) is 0 Å². The molecule has 2 heterocycles. The summed E-state index contributed by atoms with van der Waals surface area (Å²) >= 11 is 1.59. The number of fused-ring (bicyclic) bond motifs is 1. The quantitative estimate of drug-likeness (QED) is 0.677. The minimum atomic E-state index is 0.525. The molecule has 0 radical (unpaired) electrons. The summed E-state index contributed by atoms with van der Waals surface area (Å²) in [6.45, 7) is 2.08. The molecule has 6 heteroatoms. The third-order valence-corrected chi connectivity index (χ3v) is 4.66. The average molecular weight is 316 g/mol. The van der Waals surface area contributed by atoms with E-state index in [1.165, 1.54) is 4.88 Å². The van der Waals surface area contributed by atoms with E-state index in [4.69, 9.17) is 9.47 Å². The lowest BCUT2D eigenvalue weighted by atomic mass is 10.1. The van der Waals surface area contributed by atoms with Crippen molar-refractivity contribution < 1.29 is 14.3 Å². The Morgan fingerprint density at radius 3 is 2.77 bits per heavy atom. The summed E-state index contributed by atoms with van der Waals surface area (Å²) in [5, 5.41) is 0. The zero-order chi connectivity index (χ0) is 15.7. The van der Waals surface area contributed by atoms with Crippen molar-refractivity contribution in [1.82, 2.24) is 9.38 Å². The standard InChI is InChI=1S/C16H16N2O3S/c1-4-11-8-18-13(9-19)15(17-16(18)22-11)12-7-10(20-2)5-6-14(12)21-3/h5-9H,4H2,1-3H3. The minimum absolute atomic E-state index is 0.525. The number of ether oxygens (including phenoxy) is 2. The molecule has 3 rings (SSSR count). The van der Waals surface area contributed by atoms with Gasteiger partial charge in [0.2, 0.25) is 0 Å². The Bertz CT molecular complexity index is 835. The highest BCUT2D eigenvalue weighted by Gasteiger charge is 2.19. The molecule has 0 amide bonds. The molecule has 0 unspecified atom stereocenters. The van der Waals surface area contributed by atoms with Crippen LogP contribution in [0.1, 0.15) is 22.3 Å². The minimum Gasteiger partial charge on any atom is -0.497 e. The van der Waals surface area contributed by atoms with Crippen molar-refractivity contribution in [1.29, 1.82) is 0 Å². The summed E-state index contributed by atoms with van der Waals surface area (Å²) in [5.74, 6) is 1.35. The first-order valence-electron chi connectivity index (χ1n) is 6.90. The fraction of sp³-hybridized carbons (Fsp3) is 0.250. The number of imidazole rings is 1. The maximum Gasteiger partial charge on any atom is 0.195 e. The molecule has 0 atom stereocenters. The highest BCUT2D eigenvalue weighted by atomic mass is 32.1. The predicted octanol–water partition coefficient (Wildman–Crippen LogP) is 3.45. The summed E-state index contributed by atoms with van der Waals surface area (Å²) in [4.78, 5) is 18.2. The van der Waals surface area contributed by atoms with Crippen molar-refractivity contribution in [3.05, 3.63) is 35.0 Å². The van der Waals surface area contributed by atoms with Gasteiger partial charge >= 0.3 is 0 Å². The van der Waals surface area contributed by atoms with Gasteiger partial charge in [0.15, 0.2) is 11.2 Å². The Hall–Kier alpha value is -2.34. The zero-order valence-electron chi connectivity index (χ0n) is 12.6. The van der Waals surface area contributed by atoms with Crippen molar-refractivity contribution in [2.75, 3.05) is 14.2 Å². The van der Waals surface area contributed by atoms with Gasteiger partial charge in [0.1, 0.15) is 22.9 Å². The van der Waals surface area contributed by atoms with E-state index in [-0.39, 0.29) is 0 Å². The molecule has 1 aromatic carbocycles. The molecule has 0 aliphatic carbocycles. The van der Waals surface area contributed by atoms with E-state index in [2.05, 4.69) is 11.9 Å². The first-order valence-corrected chi connectivity index (χ1v) is 7.71. The third kappa shape index (κ3) is 2.25. The first-order chi connectivity index (χ1) is 10.7. The number of nitrogens with zero attached hydrogens (tertiary/aromatic N) is 2. The number of aromatic nitrogens is 2. The summed E-state index contributed by atoms with van der Waals surface area (Å²) in [5.41, 5.74) is 1.88. The molecule has 0 N–H and O–H groups in total. The van der Waals surface area contributed by atoms with Gasteiger partial charge in [-0.15, -0.1) is 11.3 Å². The second-order valence-electron chi connectivity index (χ2n) is 4.73. The maximum absolute atomic E-state index is 11.6. The molecule has 0 aliphatic heterocycles. The highest BCUT2D eigenvalue weighted by molar-refractivity contribution is 7.17. The smallest absolute Gasteiger partial charge is 0.195 e.